The summed E-state index contributed by atoms with van der Waals surface area (Å²) in [5.74, 6) is 0.718. The lowest BCUT2D eigenvalue weighted by Crippen LogP contribution is -2.00. The monoisotopic (exact) mass is 257 g/mol. The van der Waals surface area contributed by atoms with Gasteiger partial charge in [0, 0.05) is 10.6 Å². The summed E-state index contributed by atoms with van der Waals surface area (Å²) in [6.45, 7) is 0.589. The summed E-state index contributed by atoms with van der Waals surface area (Å²) in [7, 11) is 0. The Morgan fingerprint density at radius 2 is 1.72 bits per heavy atom. The Morgan fingerprint density at radius 1 is 1.00 bits per heavy atom. The van der Waals surface area contributed by atoms with Gasteiger partial charge in [0.15, 0.2) is 0 Å². The summed E-state index contributed by atoms with van der Waals surface area (Å²) in [6, 6.07) is 17.8. The first-order chi connectivity index (χ1) is 8.83. The number of nitrogens with zero attached hydrogens (tertiary/aromatic N) is 1. The molecule has 0 aliphatic carbocycles. The number of hydrogen-bond acceptors (Lipinski definition) is 2. The van der Waals surface area contributed by atoms with Gasteiger partial charge in [0.2, 0.25) is 5.90 Å². The number of benzene rings is 2. The number of aliphatic imine (C=N–C) groups is 1. The summed E-state index contributed by atoms with van der Waals surface area (Å²) in [4.78, 5) is 4.61. The summed E-state index contributed by atoms with van der Waals surface area (Å²) in [5, 5.41) is 0.741. The SMILES string of the molecule is Clc1ccc([C@@H]2COC(c3ccccc3)=N2)cc1. The molecule has 1 atom stereocenters. The molecule has 18 heavy (non-hydrogen) atoms. The number of hydrogen-bond donors (Lipinski definition) is 0. The highest BCUT2D eigenvalue weighted by Crippen LogP contribution is 2.26. The number of halogens is 1. The molecule has 90 valence electrons. The van der Waals surface area contributed by atoms with Crippen LogP contribution in [0.5, 0.6) is 0 Å². The molecule has 2 aromatic rings. The molecule has 0 spiro atoms. The zero-order valence-corrected chi connectivity index (χ0v) is 10.5. The molecular formula is C15H12ClNO. The highest BCUT2D eigenvalue weighted by molar-refractivity contribution is 6.30. The molecule has 1 aliphatic rings. The zero-order valence-electron chi connectivity index (χ0n) is 9.71. The van der Waals surface area contributed by atoms with Crippen molar-refractivity contribution in [3.05, 3.63) is 70.7 Å². The predicted molar refractivity (Wildman–Crippen MR) is 73.1 cm³/mol. The van der Waals surface area contributed by atoms with E-state index in [0.29, 0.717) is 6.61 Å². The van der Waals surface area contributed by atoms with Crippen LogP contribution in [0.3, 0.4) is 0 Å². The molecule has 0 saturated carbocycles. The maximum absolute atomic E-state index is 5.88. The van der Waals surface area contributed by atoms with Gasteiger partial charge in [-0.1, -0.05) is 41.9 Å². The van der Waals surface area contributed by atoms with Crippen molar-refractivity contribution in [3.8, 4) is 0 Å². The molecule has 0 N–H and O–H groups in total. The third-order valence-electron chi connectivity index (χ3n) is 2.93. The molecule has 0 bridgehead atoms. The van der Waals surface area contributed by atoms with E-state index in [-0.39, 0.29) is 6.04 Å². The van der Waals surface area contributed by atoms with Gasteiger partial charge < -0.3 is 4.74 Å². The van der Waals surface area contributed by atoms with Crippen LogP contribution in [0.2, 0.25) is 5.02 Å². The number of rotatable bonds is 2. The topological polar surface area (TPSA) is 21.6 Å². The minimum atomic E-state index is 0.0671. The Kier molecular flexibility index (Phi) is 3.03. The number of ether oxygens (including phenoxy) is 1. The second kappa shape index (κ2) is 4.83. The van der Waals surface area contributed by atoms with Gasteiger partial charge in [-0.3, -0.25) is 0 Å². The molecule has 1 aliphatic heterocycles. The predicted octanol–water partition coefficient (Wildman–Crippen LogP) is 3.86. The fourth-order valence-electron chi connectivity index (χ4n) is 1.97. The first-order valence-corrected chi connectivity index (χ1v) is 6.22. The highest BCUT2D eigenvalue weighted by atomic mass is 35.5. The quantitative estimate of drug-likeness (QED) is 0.801. The second-order valence-electron chi connectivity index (χ2n) is 4.18. The molecule has 0 unspecified atom stereocenters. The van der Waals surface area contributed by atoms with Crippen molar-refractivity contribution in [2.24, 2.45) is 4.99 Å². The molecule has 0 radical (unpaired) electrons. The molecule has 1 heterocycles. The van der Waals surface area contributed by atoms with Gasteiger partial charge in [-0.05, 0) is 29.8 Å². The van der Waals surface area contributed by atoms with Crippen molar-refractivity contribution < 1.29 is 4.74 Å². The zero-order chi connectivity index (χ0) is 12.4. The average Bonchev–Trinajstić information content (AvgIpc) is 2.90. The van der Waals surface area contributed by atoms with Gasteiger partial charge >= 0.3 is 0 Å². The van der Waals surface area contributed by atoms with Gasteiger partial charge in [-0.2, -0.15) is 0 Å². The van der Waals surface area contributed by atoms with Crippen molar-refractivity contribution in [2.45, 2.75) is 6.04 Å². The Morgan fingerprint density at radius 3 is 2.44 bits per heavy atom. The van der Waals surface area contributed by atoms with E-state index < -0.39 is 0 Å². The van der Waals surface area contributed by atoms with Crippen LogP contribution in [-0.2, 0) is 4.74 Å². The van der Waals surface area contributed by atoms with Crippen molar-refractivity contribution in [1.29, 1.82) is 0 Å². The van der Waals surface area contributed by atoms with Crippen molar-refractivity contribution in [1.82, 2.24) is 0 Å². The van der Waals surface area contributed by atoms with E-state index in [1.54, 1.807) is 0 Å². The summed E-state index contributed by atoms with van der Waals surface area (Å²) in [6.07, 6.45) is 0. The maximum Gasteiger partial charge on any atom is 0.216 e. The third-order valence-corrected chi connectivity index (χ3v) is 3.18. The van der Waals surface area contributed by atoms with Gasteiger partial charge in [0.25, 0.3) is 0 Å². The van der Waals surface area contributed by atoms with E-state index in [1.807, 2.05) is 54.6 Å². The first kappa shape index (κ1) is 11.3. The molecule has 3 rings (SSSR count). The first-order valence-electron chi connectivity index (χ1n) is 5.84. The summed E-state index contributed by atoms with van der Waals surface area (Å²) < 4.78 is 5.65. The summed E-state index contributed by atoms with van der Waals surface area (Å²) in [5.41, 5.74) is 2.15. The minimum absolute atomic E-state index is 0.0671. The lowest BCUT2D eigenvalue weighted by atomic mass is 10.1. The highest BCUT2D eigenvalue weighted by Gasteiger charge is 2.21. The Balaban J connectivity index is 1.85. The fraction of sp³-hybridized carbons (Fsp3) is 0.133. The molecular weight excluding hydrogens is 246 g/mol. The van der Waals surface area contributed by atoms with Crippen molar-refractivity contribution in [3.63, 3.8) is 0 Å². The third kappa shape index (κ3) is 2.24. The van der Waals surface area contributed by atoms with Crippen LogP contribution >= 0.6 is 11.6 Å². The van der Waals surface area contributed by atoms with E-state index in [0.717, 1.165) is 22.0 Å². The molecule has 0 aromatic heterocycles. The largest absolute Gasteiger partial charge is 0.475 e. The minimum Gasteiger partial charge on any atom is -0.475 e. The standard InChI is InChI=1S/C15H12ClNO/c16-13-8-6-11(7-9-13)14-10-18-15(17-14)12-4-2-1-3-5-12/h1-9,14H,10H2/t14-/m0/s1. The van der Waals surface area contributed by atoms with Crippen molar-refractivity contribution >= 4 is 17.5 Å². The molecule has 0 saturated heterocycles. The van der Waals surface area contributed by atoms with E-state index in [4.69, 9.17) is 16.3 Å². The Bertz CT molecular complexity index is 563. The van der Waals surface area contributed by atoms with Gasteiger partial charge in [0.05, 0.1) is 0 Å². The second-order valence-corrected chi connectivity index (χ2v) is 4.62. The van der Waals surface area contributed by atoms with Crippen LogP contribution in [-0.4, -0.2) is 12.5 Å². The van der Waals surface area contributed by atoms with Gasteiger partial charge in [-0.15, -0.1) is 0 Å². The lowest BCUT2D eigenvalue weighted by molar-refractivity contribution is 0.320. The van der Waals surface area contributed by atoms with Gasteiger partial charge in [0.1, 0.15) is 12.6 Å². The van der Waals surface area contributed by atoms with Crippen LogP contribution in [0.1, 0.15) is 17.2 Å². The Hall–Kier alpha value is -1.80. The molecule has 2 nitrogen and oxygen atoms in total. The van der Waals surface area contributed by atoms with Crippen LogP contribution in [0, 0.1) is 0 Å². The normalized spacial score (nSPS) is 18.3. The fourth-order valence-corrected chi connectivity index (χ4v) is 2.09. The van der Waals surface area contributed by atoms with E-state index in [1.165, 1.54) is 0 Å². The van der Waals surface area contributed by atoms with E-state index >= 15 is 0 Å². The van der Waals surface area contributed by atoms with Crippen molar-refractivity contribution in [2.75, 3.05) is 6.61 Å². The smallest absolute Gasteiger partial charge is 0.216 e. The lowest BCUT2D eigenvalue weighted by Gasteiger charge is -2.04. The van der Waals surface area contributed by atoms with Crippen LogP contribution < -0.4 is 0 Å². The Labute approximate surface area is 111 Å². The molecule has 0 fully saturated rings. The van der Waals surface area contributed by atoms with Crippen LogP contribution in [0.25, 0.3) is 0 Å². The van der Waals surface area contributed by atoms with E-state index in [2.05, 4.69) is 4.99 Å². The van der Waals surface area contributed by atoms with Gasteiger partial charge in [-0.25, -0.2) is 4.99 Å². The van der Waals surface area contributed by atoms with Crippen LogP contribution in [0.15, 0.2) is 59.6 Å². The average molecular weight is 258 g/mol. The van der Waals surface area contributed by atoms with Crippen LogP contribution in [0.4, 0.5) is 0 Å². The molecule has 0 amide bonds. The molecule has 3 heteroatoms. The molecule has 2 aromatic carbocycles. The van der Waals surface area contributed by atoms with E-state index in [9.17, 15) is 0 Å². The summed E-state index contributed by atoms with van der Waals surface area (Å²) >= 11 is 5.88. The maximum atomic E-state index is 5.88.